The fourth-order valence-electron chi connectivity index (χ4n) is 4.03. The van der Waals surface area contributed by atoms with Crippen LogP contribution in [0.15, 0.2) is 42.5 Å². The number of amides is 2. The van der Waals surface area contributed by atoms with Gasteiger partial charge in [0, 0.05) is 38.8 Å². The first kappa shape index (κ1) is 23.6. The van der Waals surface area contributed by atoms with E-state index in [0.717, 1.165) is 17.5 Å². The molecular formula is C25H33N3O4. The minimum Gasteiger partial charge on any atom is -0.493 e. The quantitative estimate of drug-likeness (QED) is 0.650. The number of ether oxygens (including phenoxy) is 2. The highest BCUT2D eigenvalue weighted by Crippen LogP contribution is 2.32. The van der Waals surface area contributed by atoms with E-state index in [1.54, 1.807) is 26.2 Å². The van der Waals surface area contributed by atoms with Gasteiger partial charge in [-0.05, 0) is 23.6 Å². The van der Waals surface area contributed by atoms with Crippen LogP contribution in [0.2, 0.25) is 0 Å². The van der Waals surface area contributed by atoms with Gasteiger partial charge in [0.15, 0.2) is 11.5 Å². The van der Waals surface area contributed by atoms with Crippen molar-refractivity contribution in [2.75, 3.05) is 34.4 Å². The smallest absolute Gasteiger partial charge is 0.237 e. The third kappa shape index (κ3) is 5.59. The Morgan fingerprint density at radius 2 is 1.84 bits per heavy atom. The van der Waals surface area contributed by atoms with Gasteiger partial charge in [0.25, 0.3) is 0 Å². The molecule has 0 saturated carbocycles. The van der Waals surface area contributed by atoms with Gasteiger partial charge in [0.05, 0.1) is 26.7 Å². The molecule has 7 nitrogen and oxygen atoms in total. The molecule has 0 aliphatic carbocycles. The van der Waals surface area contributed by atoms with Gasteiger partial charge in [-0.15, -0.1) is 0 Å². The molecule has 2 aromatic rings. The summed E-state index contributed by atoms with van der Waals surface area (Å²) in [6.45, 7) is 4.34. The van der Waals surface area contributed by atoms with Crippen molar-refractivity contribution >= 4 is 11.8 Å². The highest BCUT2D eigenvalue weighted by molar-refractivity contribution is 5.88. The molecule has 1 unspecified atom stereocenters. The van der Waals surface area contributed by atoms with Gasteiger partial charge in [-0.25, -0.2) is 0 Å². The molecule has 1 N–H and O–H groups in total. The molecule has 7 heteroatoms. The Balaban J connectivity index is 1.70. The molecule has 2 aromatic carbocycles. The van der Waals surface area contributed by atoms with Crippen LogP contribution in [-0.4, -0.2) is 62.0 Å². The lowest BCUT2D eigenvalue weighted by molar-refractivity contribution is -0.138. The van der Waals surface area contributed by atoms with E-state index in [0.29, 0.717) is 37.7 Å². The van der Waals surface area contributed by atoms with E-state index in [1.165, 1.54) is 5.56 Å². The maximum absolute atomic E-state index is 13.0. The molecule has 1 saturated heterocycles. The molecule has 32 heavy (non-hydrogen) atoms. The van der Waals surface area contributed by atoms with Gasteiger partial charge >= 0.3 is 0 Å². The number of benzene rings is 2. The zero-order valence-corrected chi connectivity index (χ0v) is 19.4. The Bertz CT molecular complexity index is 929. The molecular weight excluding hydrogens is 406 g/mol. The molecule has 172 valence electrons. The fraction of sp³-hybridized carbons (Fsp3) is 0.440. The Morgan fingerprint density at radius 3 is 2.50 bits per heavy atom. The van der Waals surface area contributed by atoms with E-state index in [4.69, 9.17) is 9.47 Å². The van der Waals surface area contributed by atoms with E-state index in [-0.39, 0.29) is 18.2 Å². The molecule has 1 aliphatic heterocycles. The zero-order chi connectivity index (χ0) is 23.1. The standard InChI is InChI=1S/C25H33N3O4/c1-5-18-9-11-19(12-10-18)16-27(2)23(29)15-21-25(30)26-13-14-28(21)17-20-7-6-8-22(31-3)24(20)32-4/h6-12,21H,5,13-17H2,1-4H3,(H,26,30). The van der Waals surface area contributed by atoms with Crippen LogP contribution in [-0.2, 0) is 29.1 Å². The fourth-order valence-corrected chi connectivity index (χ4v) is 4.03. The number of para-hydroxylation sites is 1. The summed E-state index contributed by atoms with van der Waals surface area (Å²) in [6, 6.07) is 13.5. The van der Waals surface area contributed by atoms with E-state index < -0.39 is 6.04 Å². The SMILES string of the molecule is CCc1ccc(CN(C)C(=O)CC2C(=O)NCCN2Cc2cccc(OC)c2OC)cc1. The molecule has 2 amide bonds. The first-order valence-corrected chi connectivity index (χ1v) is 11.0. The first-order chi connectivity index (χ1) is 15.5. The van der Waals surface area contributed by atoms with Crippen molar-refractivity contribution in [3.63, 3.8) is 0 Å². The molecule has 0 spiro atoms. The van der Waals surface area contributed by atoms with E-state index in [9.17, 15) is 9.59 Å². The third-order valence-electron chi connectivity index (χ3n) is 5.94. The molecule has 1 heterocycles. The number of carbonyl (C=O) groups is 2. The Morgan fingerprint density at radius 1 is 1.12 bits per heavy atom. The number of hydrogen-bond acceptors (Lipinski definition) is 5. The molecule has 0 aromatic heterocycles. The lowest BCUT2D eigenvalue weighted by Gasteiger charge is -2.35. The maximum Gasteiger partial charge on any atom is 0.237 e. The van der Waals surface area contributed by atoms with E-state index in [2.05, 4.69) is 36.5 Å². The summed E-state index contributed by atoms with van der Waals surface area (Å²) in [4.78, 5) is 29.4. The van der Waals surface area contributed by atoms with Crippen molar-refractivity contribution in [2.45, 2.75) is 38.9 Å². The van der Waals surface area contributed by atoms with Crippen LogP contribution >= 0.6 is 0 Å². The van der Waals surface area contributed by atoms with Crippen LogP contribution in [0.25, 0.3) is 0 Å². The number of hydrogen-bond donors (Lipinski definition) is 1. The summed E-state index contributed by atoms with van der Waals surface area (Å²) in [5, 5.41) is 2.90. The van der Waals surface area contributed by atoms with Gasteiger partial charge in [0.1, 0.15) is 0 Å². The Hall–Kier alpha value is -3.06. The summed E-state index contributed by atoms with van der Waals surface area (Å²) in [6.07, 6.45) is 1.11. The number of rotatable bonds is 9. The summed E-state index contributed by atoms with van der Waals surface area (Å²) < 4.78 is 10.9. The summed E-state index contributed by atoms with van der Waals surface area (Å²) >= 11 is 0. The second kappa shape index (κ2) is 11.0. The van der Waals surface area contributed by atoms with E-state index in [1.807, 2.05) is 23.1 Å². The van der Waals surface area contributed by atoms with Crippen molar-refractivity contribution in [3.05, 3.63) is 59.2 Å². The van der Waals surface area contributed by atoms with Gasteiger partial charge < -0.3 is 19.7 Å². The lowest BCUT2D eigenvalue weighted by Crippen LogP contribution is -2.56. The summed E-state index contributed by atoms with van der Waals surface area (Å²) in [7, 11) is 4.99. The van der Waals surface area contributed by atoms with Crippen molar-refractivity contribution in [2.24, 2.45) is 0 Å². The normalized spacial score (nSPS) is 16.4. The predicted molar refractivity (Wildman–Crippen MR) is 124 cm³/mol. The van der Waals surface area contributed by atoms with Crippen molar-refractivity contribution < 1.29 is 19.1 Å². The molecule has 1 fully saturated rings. The Labute approximate surface area is 190 Å². The maximum atomic E-state index is 13.0. The zero-order valence-electron chi connectivity index (χ0n) is 19.4. The molecule has 3 rings (SSSR count). The number of aryl methyl sites for hydroxylation is 1. The van der Waals surface area contributed by atoms with Crippen LogP contribution in [0.5, 0.6) is 11.5 Å². The van der Waals surface area contributed by atoms with Crippen molar-refractivity contribution in [1.82, 2.24) is 15.1 Å². The molecule has 0 bridgehead atoms. The van der Waals surface area contributed by atoms with E-state index >= 15 is 0 Å². The van der Waals surface area contributed by atoms with Crippen LogP contribution < -0.4 is 14.8 Å². The van der Waals surface area contributed by atoms with Gasteiger partial charge in [0.2, 0.25) is 11.8 Å². The molecule has 0 radical (unpaired) electrons. The van der Waals surface area contributed by atoms with Gasteiger partial charge in [-0.1, -0.05) is 43.3 Å². The van der Waals surface area contributed by atoms with Gasteiger partial charge in [-0.2, -0.15) is 0 Å². The summed E-state index contributed by atoms with van der Waals surface area (Å²) in [5.74, 6) is 1.12. The minimum atomic E-state index is -0.530. The molecule has 1 aliphatic rings. The van der Waals surface area contributed by atoms with Crippen molar-refractivity contribution in [1.29, 1.82) is 0 Å². The second-order valence-corrected chi connectivity index (χ2v) is 8.05. The number of nitrogens with one attached hydrogen (secondary N) is 1. The third-order valence-corrected chi connectivity index (χ3v) is 5.94. The Kier molecular flexibility index (Phi) is 8.11. The average molecular weight is 440 g/mol. The van der Waals surface area contributed by atoms with Crippen LogP contribution in [0.4, 0.5) is 0 Å². The monoisotopic (exact) mass is 439 g/mol. The second-order valence-electron chi connectivity index (χ2n) is 8.05. The van der Waals surface area contributed by atoms with Crippen LogP contribution in [0, 0.1) is 0 Å². The van der Waals surface area contributed by atoms with Crippen LogP contribution in [0.1, 0.15) is 30.0 Å². The number of nitrogens with zero attached hydrogens (tertiary/aromatic N) is 2. The topological polar surface area (TPSA) is 71.1 Å². The predicted octanol–water partition coefficient (Wildman–Crippen LogP) is 2.62. The number of piperazine rings is 1. The lowest BCUT2D eigenvalue weighted by atomic mass is 10.0. The van der Waals surface area contributed by atoms with Crippen molar-refractivity contribution in [3.8, 4) is 11.5 Å². The highest BCUT2D eigenvalue weighted by atomic mass is 16.5. The number of methoxy groups -OCH3 is 2. The highest BCUT2D eigenvalue weighted by Gasteiger charge is 2.33. The molecule has 1 atom stereocenters. The number of carbonyl (C=O) groups excluding carboxylic acids is 2. The largest absolute Gasteiger partial charge is 0.493 e. The first-order valence-electron chi connectivity index (χ1n) is 11.0. The average Bonchev–Trinajstić information content (AvgIpc) is 2.81. The van der Waals surface area contributed by atoms with Gasteiger partial charge in [-0.3, -0.25) is 14.5 Å². The summed E-state index contributed by atoms with van der Waals surface area (Å²) in [5.41, 5.74) is 3.26. The van der Waals surface area contributed by atoms with Crippen LogP contribution in [0.3, 0.4) is 0 Å². The minimum absolute atomic E-state index is 0.0609.